The first-order chi connectivity index (χ1) is 14.9. The van der Waals surface area contributed by atoms with Crippen molar-refractivity contribution in [2.24, 2.45) is 7.05 Å². The first-order valence-electron chi connectivity index (χ1n) is 9.29. The molecule has 1 atom stereocenters. The van der Waals surface area contributed by atoms with E-state index in [2.05, 4.69) is 25.4 Å². The van der Waals surface area contributed by atoms with Gasteiger partial charge in [0.25, 0.3) is 0 Å². The van der Waals surface area contributed by atoms with Crippen molar-refractivity contribution in [3.63, 3.8) is 0 Å². The number of hydrogen-bond donors (Lipinski definition) is 0. The Labute approximate surface area is 174 Å². The molecule has 152 valence electrons. The average molecular weight is 416 g/mol. The molecule has 5 rings (SSSR count). The molecule has 0 radical (unpaired) electrons. The average Bonchev–Trinajstić information content (AvgIpc) is 3.37. The minimum Gasteiger partial charge on any atom is -0.274 e. The summed E-state index contributed by atoms with van der Waals surface area (Å²) in [4.78, 5) is 4.03. The minimum atomic E-state index is -2.32. The molecule has 4 heterocycles. The maximum atomic E-state index is 16.1. The number of aryl methyl sites for hydroxylation is 1. The van der Waals surface area contributed by atoms with E-state index in [1.807, 2.05) is 6.07 Å². The van der Waals surface area contributed by atoms with E-state index in [0.29, 0.717) is 22.4 Å². The van der Waals surface area contributed by atoms with Gasteiger partial charge in [-0.2, -0.15) is 20.0 Å². The zero-order valence-electron chi connectivity index (χ0n) is 16.5. The number of hydrogen-bond acceptors (Lipinski definition) is 6. The molecule has 0 N–H and O–H groups in total. The van der Waals surface area contributed by atoms with Gasteiger partial charge in [-0.05, 0) is 37.3 Å². The van der Waals surface area contributed by atoms with Crippen LogP contribution in [0.25, 0.3) is 27.8 Å². The number of rotatable bonds is 3. The van der Waals surface area contributed by atoms with Gasteiger partial charge >= 0.3 is 0 Å². The molecular formula is C21H14F2N8. The van der Waals surface area contributed by atoms with Gasteiger partial charge in [-0.25, -0.2) is 13.8 Å². The zero-order chi connectivity index (χ0) is 21.8. The van der Waals surface area contributed by atoms with E-state index in [0.717, 1.165) is 0 Å². The van der Waals surface area contributed by atoms with Crippen LogP contribution in [-0.4, -0.2) is 34.6 Å². The number of fused-ring (bicyclic) bond motifs is 2. The monoisotopic (exact) mass is 416 g/mol. The van der Waals surface area contributed by atoms with Crippen LogP contribution in [0.3, 0.4) is 0 Å². The second-order valence-corrected chi connectivity index (χ2v) is 7.22. The number of aromatic nitrogens is 7. The third kappa shape index (κ3) is 2.90. The topological polar surface area (TPSA) is 97.6 Å². The minimum absolute atomic E-state index is 0.159. The molecular weight excluding hydrogens is 402 g/mol. The second-order valence-electron chi connectivity index (χ2n) is 7.22. The van der Waals surface area contributed by atoms with Gasteiger partial charge in [0.2, 0.25) is 0 Å². The summed E-state index contributed by atoms with van der Waals surface area (Å²) in [5, 5.41) is 25.7. The lowest BCUT2D eigenvalue weighted by Gasteiger charge is -2.19. The Kier molecular flexibility index (Phi) is 4.01. The van der Waals surface area contributed by atoms with Crippen molar-refractivity contribution in [1.82, 2.24) is 34.6 Å². The van der Waals surface area contributed by atoms with Crippen molar-refractivity contribution in [2.45, 2.75) is 12.6 Å². The molecule has 4 aromatic heterocycles. The summed E-state index contributed by atoms with van der Waals surface area (Å²) in [7, 11) is 1.67. The van der Waals surface area contributed by atoms with Crippen molar-refractivity contribution >= 4 is 16.6 Å². The Morgan fingerprint density at radius 3 is 2.65 bits per heavy atom. The fourth-order valence-electron chi connectivity index (χ4n) is 3.51. The summed E-state index contributed by atoms with van der Waals surface area (Å²) in [6, 6.07) is 11.4. The first-order valence-corrected chi connectivity index (χ1v) is 9.29. The molecule has 1 aromatic carbocycles. The molecule has 5 aromatic rings. The lowest BCUT2D eigenvalue weighted by atomic mass is 9.95. The maximum Gasteiger partial charge on any atom is 0.197 e. The number of nitriles is 1. The van der Waals surface area contributed by atoms with E-state index in [1.165, 1.54) is 34.6 Å². The molecule has 1 unspecified atom stereocenters. The normalized spacial score (nSPS) is 13.4. The van der Waals surface area contributed by atoms with Crippen LogP contribution in [0.4, 0.5) is 8.78 Å². The lowest BCUT2D eigenvalue weighted by molar-refractivity contribution is 0.224. The van der Waals surface area contributed by atoms with Gasteiger partial charge in [-0.3, -0.25) is 4.68 Å². The molecule has 0 aliphatic heterocycles. The van der Waals surface area contributed by atoms with E-state index in [1.54, 1.807) is 37.4 Å². The summed E-state index contributed by atoms with van der Waals surface area (Å²) < 4.78 is 34.0. The summed E-state index contributed by atoms with van der Waals surface area (Å²) in [6.45, 7) is 1.22. The molecule has 0 bridgehead atoms. The molecule has 8 nitrogen and oxygen atoms in total. The lowest BCUT2D eigenvalue weighted by Crippen LogP contribution is -2.23. The van der Waals surface area contributed by atoms with Crippen LogP contribution in [0.15, 0.2) is 48.8 Å². The molecule has 10 heteroatoms. The van der Waals surface area contributed by atoms with Crippen molar-refractivity contribution in [3.05, 3.63) is 71.7 Å². The van der Waals surface area contributed by atoms with Crippen LogP contribution in [0.2, 0.25) is 0 Å². The highest BCUT2D eigenvalue weighted by Crippen LogP contribution is 2.36. The van der Waals surface area contributed by atoms with Crippen molar-refractivity contribution < 1.29 is 8.78 Å². The summed E-state index contributed by atoms with van der Waals surface area (Å²) in [6.07, 6.45) is 3.00. The Bertz CT molecular complexity index is 1490. The van der Waals surface area contributed by atoms with Gasteiger partial charge in [0, 0.05) is 30.6 Å². The smallest absolute Gasteiger partial charge is 0.197 e. The Hall–Kier alpha value is -4.26. The fourth-order valence-corrected chi connectivity index (χ4v) is 3.51. The quantitative estimate of drug-likeness (QED) is 0.448. The zero-order valence-corrected chi connectivity index (χ0v) is 16.5. The summed E-state index contributed by atoms with van der Waals surface area (Å²) in [5.74, 6) is -0.868. The summed E-state index contributed by atoms with van der Waals surface area (Å²) >= 11 is 0. The molecule has 0 spiro atoms. The molecule has 0 saturated heterocycles. The van der Waals surface area contributed by atoms with Crippen LogP contribution in [0.1, 0.15) is 24.0 Å². The summed E-state index contributed by atoms with van der Waals surface area (Å²) in [5.41, 5.74) is -0.385. The van der Waals surface area contributed by atoms with Crippen molar-refractivity contribution in [1.29, 1.82) is 5.26 Å². The van der Waals surface area contributed by atoms with Crippen LogP contribution >= 0.6 is 0 Å². The highest BCUT2D eigenvalue weighted by molar-refractivity contribution is 5.80. The molecule has 0 fully saturated rings. The molecule has 0 aliphatic carbocycles. The van der Waals surface area contributed by atoms with Gasteiger partial charge < -0.3 is 0 Å². The van der Waals surface area contributed by atoms with Gasteiger partial charge in [-0.1, -0.05) is 6.07 Å². The van der Waals surface area contributed by atoms with Crippen LogP contribution in [-0.2, 0) is 12.7 Å². The molecule has 0 aliphatic rings. The largest absolute Gasteiger partial charge is 0.274 e. The van der Waals surface area contributed by atoms with E-state index in [9.17, 15) is 0 Å². The van der Waals surface area contributed by atoms with Crippen LogP contribution in [0, 0.1) is 17.1 Å². The number of pyridine rings is 1. The van der Waals surface area contributed by atoms with Crippen LogP contribution < -0.4 is 0 Å². The SMILES string of the molecule is Cn1cc2c(F)c(C(C)(F)c3nnc4ccc(-c5ccc(C#N)nc5)nn34)ccc2n1. The second kappa shape index (κ2) is 6.63. The number of alkyl halides is 1. The van der Waals surface area contributed by atoms with Gasteiger partial charge in [0.05, 0.1) is 16.6 Å². The van der Waals surface area contributed by atoms with Gasteiger partial charge in [-0.15, -0.1) is 10.2 Å². The molecule has 0 saturated carbocycles. The van der Waals surface area contributed by atoms with Gasteiger partial charge in [0.1, 0.15) is 17.6 Å². The Morgan fingerprint density at radius 2 is 1.90 bits per heavy atom. The number of nitrogens with zero attached hydrogens (tertiary/aromatic N) is 8. The Morgan fingerprint density at radius 1 is 1.06 bits per heavy atom. The third-order valence-electron chi connectivity index (χ3n) is 5.10. The molecule has 0 amide bonds. The maximum absolute atomic E-state index is 16.1. The van der Waals surface area contributed by atoms with Crippen molar-refractivity contribution in [3.8, 4) is 17.3 Å². The first kappa shape index (κ1) is 18.7. The van der Waals surface area contributed by atoms with E-state index < -0.39 is 11.5 Å². The fraction of sp³-hybridized carbons (Fsp3) is 0.143. The van der Waals surface area contributed by atoms with E-state index >= 15 is 8.78 Å². The third-order valence-corrected chi connectivity index (χ3v) is 5.10. The number of benzene rings is 1. The van der Waals surface area contributed by atoms with Crippen LogP contribution in [0.5, 0.6) is 0 Å². The number of halogens is 2. The highest BCUT2D eigenvalue weighted by Gasteiger charge is 2.38. The molecule has 31 heavy (non-hydrogen) atoms. The van der Waals surface area contributed by atoms with E-state index in [-0.39, 0.29) is 22.5 Å². The Balaban J connectivity index is 1.65. The highest BCUT2D eigenvalue weighted by atomic mass is 19.1. The van der Waals surface area contributed by atoms with E-state index in [4.69, 9.17) is 5.26 Å². The predicted molar refractivity (Wildman–Crippen MR) is 107 cm³/mol. The standard InChI is InChI=1S/C21H14F2N8/c1-21(23,15-5-6-17-14(19(15)22)11-30(2)28-17)20-27-26-18-8-7-16(29-31(18)20)12-3-4-13(9-24)25-10-12/h3-8,10-11H,1-2H3. The van der Waals surface area contributed by atoms with Gasteiger partial charge in [0.15, 0.2) is 17.1 Å². The van der Waals surface area contributed by atoms with Crippen molar-refractivity contribution in [2.75, 3.05) is 0 Å². The predicted octanol–water partition coefficient (Wildman–Crippen LogP) is 3.32.